The fraction of sp³-hybridized carbons (Fsp3) is 0.500. The van der Waals surface area contributed by atoms with Crippen LogP contribution in [0.25, 0.3) is 11.3 Å². The van der Waals surface area contributed by atoms with Gasteiger partial charge >= 0.3 is 0 Å². The van der Waals surface area contributed by atoms with Gasteiger partial charge in [0.1, 0.15) is 11.6 Å². The molecule has 1 fully saturated rings. The van der Waals surface area contributed by atoms with Gasteiger partial charge in [-0.25, -0.2) is 13.8 Å². The maximum absolute atomic E-state index is 13.8. The van der Waals surface area contributed by atoms with Crippen LogP contribution in [-0.2, 0) is 16.0 Å². The first-order chi connectivity index (χ1) is 13.5. The lowest BCUT2D eigenvalue weighted by molar-refractivity contribution is -0.122. The molecule has 1 aromatic carbocycles. The fourth-order valence-corrected chi connectivity index (χ4v) is 3.47. The molecule has 6 nitrogen and oxygen atoms in total. The van der Waals surface area contributed by atoms with E-state index >= 15 is 0 Å². The number of carbonyl (C=O) groups is 1. The molecule has 3 rings (SSSR count). The van der Waals surface area contributed by atoms with E-state index in [9.17, 15) is 13.6 Å². The molecular weight excluding hydrogens is 439 g/mol. The Morgan fingerprint density at radius 1 is 1.30 bits per heavy atom. The minimum atomic E-state index is -0.717. The monoisotopic (exact) mass is 465 g/mol. The molecule has 2 N–H and O–H groups in total. The average Bonchev–Trinajstić information content (AvgIpc) is 3.14. The Balaban J connectivity index is 0.00000225. The molecule has 0 bridgehead atoms. The number of aromatic nitrogens is 1. The second-order valence-corrected chi connectivity index (χ2v) is 7.20. The van der Waals surface area contributed by atoms with Crippen molar-refractivity contribution >= 4 is 30.7 Å². The lowest BCUT2D eigenvalue weighted by Gasteiger charge is -2.37. The lowest BCUT2D eigenvalue weighted by atomic mass is 9.79. The summed E-state index contributed by atoms with van der Waals surface area (Å²) in [6, 6.07) is 3.25. The quantitative estimate of drug-likeness (QED) is 0.623. The van der Waals surface area contributed by atoms with Crippen molar-refractivity contribution in [2.45, 2.75) is 25.7 Å². The highest BCUT2D eigenvalue weighted by molar-refractivity contribution is 5.85. The van der Waals surface area contributed by atoms with E-state index in [1.165, 1.54) is 12.3 Å². The van der Waals surface area contributed by atoms with Gasteiger partial charge in [-0.2, -0.15) is 0 Å². The molecule has 2 heterocycles. The molecule has 0 radical (unpaired) electrons. The molecule has 0 saturated carbocycles. The van der Waals surface area contributed by atoms with Crippen molar-refractivity contribution in [3.8, 4) is 11.3 Å². The topological polar surface area (TPSA) is 76.4 Å². The molecule has 0 aliphatic carbocycles. The van der Waals surface area contributed by atoms with E-state index in [4.69, 9.17) is 9.15 Å². The molecule has 1 saturated heterocycles. The molecule has 168 valence electrons. The van der Waals surface area contributed by atoms with Crippen LogP contribution in [0.15, 0.2) is 28.8 Å². The number of methoxy groups -OCH3 is 1. The zero-order chi connectivity index (χ0) is 20.0. The third kappa shape index (κ3) is 6.91. The predicted octanol–water partition coefficient (Wildman–Crippen LogP) is 3.53. The first-order valence-electron chi connectivity index (χ1n) is 9.38. The third-order valence-corrected chi connectivity index (χ3v) is 5.09. The van der Waals surface area contributed by atoms with Crippen molar-refractivity contribution < 1.29 is 22.7 Å². The Bertz CT molecular complexity index is 809. The van der Waals surface area contributed by atoms with Gasteiger partial charge < -0.3 is 19.8 Å². The van der Waals surface area contributed by atoms with Crippen LogP contribution in [-0.4, -0.2) is 44.2 Å². The van der Waals surface area contributed by atoms with Crippen LogP contribution in [0.5, 0.6) is 0 Å². The molecular formula is C20H27Cl2F2N3O3. The van der Waals surface area contributed by atoms with Gasteiger partial charge in [0.25, 0.3) is 0 Å². The lowest BCUT2D eigenvalue weighted by Crippen LogP contribution is -2.47. The summed E-state index contributed by atoms with van der Waals surface area (Å²) in [5, 5.41) is 6.30. The number of hydrogen-bond acceptors (Lipinski definition) is 5. The van der Waals surface area contributed by atoms with Gasteiger partial charge in [-0.1, -0.05) is 0 Å². The number of amides is 1. The third-order valence-electron chi connectivity index (χ3n) is 5.09. The molecule has 1 aromatic heterocycles. The number of ether oxygens (including phenoxy) is 1. The SMILES string of the molecule is COCC1(CNC(=O)CCc2ncc(-c3ccc(F)cc3F)o2)CCNCC1.Cl.Cl. The second-order valence-electron chi connectivity index (χ2n) is 7.20. The number of benzene rings is 1. The van der Waals surface area contributed by atoms with E-state index in [1.54, 1.807) is 7.11 Å². The first kappa shape index (κ1) is 26.3. The average molecular weight is 466 g/mol. The summed E-state index contributed by atoms with van der Waals surface area (Å²) in [6.07, 6.45) is 3.80. The normalized spacial score (nSPS) is 15.0. The molecule has 30 heavy (non-hydrogen) atoms. The van der Waals surface area contributed by atoms with Crippen molar-refractivity contribution in [1.29, 1.82) is 0 Å². The summed E-state index contributed by atoms with van der Waals surface area (Å²) in [4.78, 5) is 16.3. The molecule has 2 aromatic rings. The summed E-state index contributed by atoms with van der Waals surface area (Å²) >= 11 is 0. The summed E-state index contributed by atoms with van der Waals surface area (Å²) in [5.74, 6) is -0.922. The Hall–Kier alpha value is -1.74. The zero-order valence-electron chi connectivity index (χ0n) is 16.7. The number of nitrogens with one attached hydrogen (secondary N) is 2. The van der Waals surface area contributed by atoms with Crippen molar-refractivity contribution in [3.63, 3.8) is 0 Å². The van der Waals surface area contributed by atoms with Crippen LogP contribution in [0.3, 0.4) is 0 Å². The van der Waals surface area contributed by atoms with Crippen molar-refractivity contribution in [3.05, 3.63) is 41.9 Å². The van der Waals surface area contributed by atoms with E-state index in [0.717, 1.165) is 38.1 Å². The fourth-order valence-electron chi connectivity index (χ4n) is 3.47. The van der Waals surface area contributed by atoms with Crippen LogP contribution in [0.4, 0.5) is 8.78 Å². The summed E-state index contributed by atoms with van der Waals surface area (Å²) < 4.78 is 37.7. The van der Waals surface area contributed by atoms with Gasteiger partial charge in [0.05, 0.1) is 18.4 Å². The highest BCUT2D eigenvalue weighted by Crippen LogP contribution is 2.28. The van der Waals surface area contributed by atoms with Crippen LogP contribution in [0, 0.1) is 17.0 Å². The van der Waals surface area contributed by atoms with E-state index < -0.39 is 11.6 Å². The molecule has 10 heteroatoms. The predicted molar refractivity (Wildman–Crippen MR) is 114 cm³/mol. The number of piperidine rings is 1. The molecule has 1 aliphatic heterocycles. The van der Waals surface area contributed by atoms with Crippen LogP contribution < -0.4 is 10.6 Å². The number of carbonyl (C=O) groups excluding carboxylic acids is 1. The Labute approximate surface area is 187 Å². The van der Waals surface area contributed by atoms with Gasteiger partial charge in [0.15, 0.2) is 11.7 Å². The van der Waals surface area contributed by atoms with Crippen molar-refractivity contribution in [2.75, 3.05) is 33.4 Å². The minimum absolute atomic E-state index is 0. The molecule has 1 aliphatic rings. The molecule has 1 amide bonds. The van der Waals surface area contributed by atoms with E-state index in [1.807, 2.05) is 0 Å². The molecule has 0 spiro atoms. The van der Waals surface area contributed by atoms with Gasteiger partial charge in [-0.15, -0.1) is 24.8 Å². The van der Waals surface area contributed by atoms with Gasteiger partial charge in [-0.05, 0) is 38.1 Å². The Kier molecular flexibility index (Phi) is 10.7. The van der Waals surface area contributed by atoms with Crippen LogP contribution in [0.1, 0.15) is 25.2 Å². The number of hydrogen-bond donors (Lipinski definition) is 2. The maximum atomic E-state index is 13.8. The van der Waals surface area contributed by atoms with Crippen LogP contribution in [0.2, 0.25) is 0 Å². The summed E-state index contributed by atoms with van der Waals surface area (Å²) in [6.45, 7) is 3.01. The zero-order valence-corrected chi connectivity index (χ0v) is 18.3. The van der Waals surface area contributed by atoms with Crippen molar-refractivity contribution in [1.82, 2.24) is 15.6 Å². The Morgan fingerprint density at radius 3 is 2.70 bits per heavy atom. The number of aryl methyl sites for hydroxylation is 1. The van der Waals surface area contributed by atoms with Crippen molar-refractivity contribution in [2.24, 2.45) is 5.41 Å². The highest BCUT2D eigenvalue weighted by atomic mass is 35.5. The van der Waals surface area contributed by atoms with Gasteiger partial charge in [-0.3, -0.25) is 4.79 Å². The largest absolute Gasteiger partial charge is 0.441 e. The molecule has 0 atom stereocenters. The van der Waals surface area contributed by atoms with Crippen LogP contribution >= 0.6 is 24.8 Å². The summed E-state index contributed by atoms with van der Waals surface area (Å²) in [5.41, 5.74) is 0.100. The Morgan fingerprint density at radius 2 is 2.03 bits per heavy atom. The maximum Gasteiger partial charge on any atom is 0.220 e. The number of rotatable bonds is 8. The number of oxazole rings is 1. The van der Waals surface area contributed by atoms with Gasteiger partial charge in [0, 0.05) is 38.0 Å². The molecule has 0 unspecified atom stereocenters. The summed E-state index contributed by atoms with van der Waals surface area (Å²) in [7, 11) is 1.68. The minimum Gasteiger partial charge on any atom is -0.441 e. The van der Waals surface area contributed by atoms with E-state index in [2.05, 4.69) is 15.6 Å². The number of nitrogens with zero attached hydrogens (tertiary/aromatic N) is 1. The standard InChI is InChI=1S/C20H25F2N3O3.2ClH/c1-27-13-20(6-8-23-9-7-20)12-25-18(26)4-5-19-24-11-17(28-19)15-3-2-14(21)10-16(15)22;;/h2-3,10-11,23H,4-9,12-13H2,1H3,(H,25,26);2*1H. The van der Waals surface area contributed by atoms with Gasteiger partial charge in [0.2, 0.25) is 5.91 Å². The van der Waals surface area contributed by atoms with E-state index in [0.29, 0.717) is 25.5 Å². The smallest absolute Gasteiger partial charge is 0.220 e. The van der Waals surface area contributed by atoms with E-state index in [-0.39, 0.29) is 53.9 Å². The number of halogens is 4. The second kappa shape index (κ2) is 12.2. The first-order valence-corrected chi connectivity index (χ1v) is 9.38. The highest BCUT2D eigenvalue weighted by Gasteiger charge is 2.32.